The van der Waals surface area contributed by atoms with Crippen LogP contribution in [0.4, 0.5) is 9.52 Å². The number of hydrogen-bond acceptors (Lipinski definition) is 6. The number of anilines is 1. The van der Waals surface area contributed by atoms with Gasteiger partial charge in [0.05, 0.1) is 11.5 Å². The highest BCUT2D eigenvalue weighted by atomic mass is 32.2. The second-order valence-corrected chi connectivity index (χ2v) is 6.92. The summed E-state index contributed by atoms with van der Waals surface area (Å²) in [7, 11) is -3.98. The summed E-state index contributed by atoms with van der Waals surface area (Å²) in [6, 6.07) is 2.33. The number of hydrogen-bond donors (Lipinski definition) is 2. The second kappa shape index (κ2) is 5.43. The molecule has 0 bridgehead atoms. The molecule has 0 saturated heterocycles. The molecule has 6 nitrogen and oxygen atoms in total. The van der Waals surface area contributed by atoms with Gasteiger partial charge in [-0.25, -0.2) is 12.8 Å². The molecule has 1 heterocycles. The lowest BCUT2D eigenvalue weighted by atomic mass is 10.1. The Morgan fingerprint density at radius 1 is 1.35 bits per heavy atom. The number of aliphatic hydroxyl groups is 1. The molecule has 0 radical (unpaired) electrons. The van der Waals surface area contributed by atoms with E-state index in [0.717, 1.165) is 17.4 Å². The van der Waals surface area contributed by atoms with Crippen LogP contribution in [0, 0.1) is 19.7 Å². The molecule has 0 aliphatic carbocycles. The second-order valence-electron chi connectivity index (χ2n) is 4.09. The first-order valence-electron chi connectivity index (χ1n) is 5.56. The minimum atomic E-state index is -3.98. The van der Waals surface area contributed by atoms with Gasteiger partial charge in [0, 0.05) is 5.56 Å². The van der Waals surface area contributed by atoms with Crippen LogP contribution in [0.15, 0.2) is 17.0 Å². The summed E-state index contributed by atoms with van der Waals surface area (Å²) in [5.41, 5.74) is 0.165. The number of nitrogens with one attached hydrogen (secondary N) is 1. The molecule has 108 valence electrons. The van der Waals surface area contributed by atoms with E-state index < -0.39 is 22.4 Å². The monoisotopic (exact) mass is 317 g/mol. The number of sulfonamides is 1. The van der Waals surface area contributed by atoms with Gasteiger partial charge in [-0.15, -0.1) is 10.2 Å². The highest BCUT2D eigenvalue weighted by molar-refractivity contribution is 7.93. The molecular formula is C11H12FN3O3S2. The quantitative estimate of drug-likeness (QED) is 0.893. The molecule has 20 heavy (non-hydrogen) atoms. The van der Waals surface area contributed by atoms with E-state index in [4.69, 9.17) is 5.11 Å². The van der Waals surface area contributed by atoms with Crippen LogP contribution in [0.5, 0.6) is 0 Å². The average Bonchev–Trinajstić information content (AvgIpc) is 2.76. The fraction of sp³-hybridized carbons (Fsp3) is 0.273. The number of nitrogens with zero attached hydrogens (tertiary/aromatic N) is 2. The highest BCUT2D eigenvalue weighted by Crippen LogP contribution is 2.24. The highest BCUT2D eigenvalue weighted by Gasteiger charge is 2.21. The van der Waals surface area contributed by atoms with Crippen molar-refractivity contribution < 1.29 is 17.9 Å². The lowest BCUT2D eigenvalue weighted by molar-refractivity contribution is 0.281. The van der Waals surface area contributed by atoms with Crippen molar-refractivity contribution >= 4 is 26.5 Å². The van der Waals surface area contributed by atoms with Crippen LogP contribution in [0.1, 0.15) is 16.1 Å². The summed E-state index contributed by atoms with van der Waals surface area (Å²) in [5, 5.41) is 17.1. The maximum atomic E-state index is 13.7. The molecule has 0 amide bonds. The standard InChI is InChI=1S/C11H12FN3O3S2/c1-6-9(12)3-8(5-16)4-10(6)20(17,18)15-11-14-13-7(2)19-11/h3-4,16H,5H2,1-2H3,(H,14,15). The van der Waals surface area contributed by atoms with Crippen LogP contribution in [-0.4, -0.2) is 23.7 Å². The molecule has 0 fully saturated rings. The van der Waals surface area contributed by atoms with Gasteiger partial charge in [0.25, 0.3) is 10.0 Å². The van der Waals surface area contributed by atoms with Crippen molar-refractivity contribution in [3.63, 3.8) is 0 Å². The normalized spacial score (nSPS) is 11.6. The van der Waals surface area contributed by atoms with Gasteiger partial charge in [-0.2, -0.15) is 0 Å². The van der Waals surface area contributed by atoms with Crippen molar-refractivity contribution in [1.29, 1.82) is 0 Å². The maximum absolute atomic E-state index is 13.7. The Hall–Kier alpha value is -1.58. The molecule has 0 aliphatic rings. The summed E-state index contributed by atoms with van der Waals surface area (Å²) in [6.45, 7) is 2.60. The minimum absolute atomic E-state index is 0.0177. The zero-order valence-corrected chi connectivity index (χ0v) is 12.3. The van der Waals surface area contributed by atoms with E-state index in [9.17, 15) is 12.8 Å². The van der Waals surface area contributed by atoms with Gasteiger partial charge in [0.15, 0.2) is 0 Å². The fourth-order valence-corrected chi connectivity index (χ4v) is 3.71. The van der Waals surface area contributed by atoms with Gasteiger partial charge >= 0.3 is 0 Å². The number of aliphatic hydroxyl groups excluding tert-OH is 1. The topological polar surface area (TPSA) is 92.2 Å². The molecule has 9 heteroatoms. The molecule has 2 aromatic rings. The largest absolute Gasteiger partial charge is 0.392 e. The molecule has 1 aromatic carbocycles. The molecule has 0 aliphatic heterocycles. The molecule has 0 unspecified atom stereocenters. The van der Waals surface area contributed by atoms with Crippen LogP contribution < -0.4 is 4.72 Å². The first-order chi connectivity index (χ1) is 9.33. The molecule has 2 rings (SSSR count). The van der Waals surface area contributed by atoms with Gasteiger partial charge < -0.3 is 5.11 Å². The zero-order valence-electron chi connectivity index (χ0n) is 10.7. The van der Waals surface area contributed by atoms with Crippen molar-refractivity contribution in [2.45, 2.75) is 25.3 Å². The predicted molar refractivity (Wildman–Crippen MR) is 72.5 cm³/mol. The lowest BCUT2D eigenvalue weighted by Crippen LogP contribution is -2.15. The van der Waals surface area contributed by atoms with Gasteiger partial charge in [0.2, 0.25) is 5.13 Å². The summed E-state index contributed by atoms with van der Waals surface area (Å²) in [5.74, 6) is -0.689. The molecule has 1 aromatic heterocycles. The predicted octanol–water partition coefficient (Wildman–Crippen LogP) is 1.59. The number of aryl methyl sites for hydroxylation is 1. The molecule has 2 N–H and O–H groups in total. The zero-order chi connectivity index (χ0) is 14.9. The van der Waals surface area contributed by atoms with Crippen LogP contribution in [0.25, 0.3) is 0 Å². The molecular weight excluding hydrogens is 305 g/mol. The number of halogens is 1. The first kappa shape index (κ1) is 14.8. The van der Waals surface area contributed by atoms with Crippen LogP contribution in [0.3, 0.4) is 0 Å². The van der Waals surface area contributed by atoms with Crippen molar-refractivity contribution in [3.05, 3.63) is 34.1 Å². The van der Waals surface area contributed by atoms with Crippen LogP contribution >= 0.6 is 11.3 Å². The molecule has 0 spiro atoms. The van der Waals surface area contributed by atoms with Crippen molar-refractivity contribution in [2.75, 3.05) is 4.72 Å². The molecule has 0 saturated carbocycles. The fourth-order valence-electron chi connectivity index (χ4n) is 1.59. The van der Waals surface area contributed by atoms with Crippen LogP contribution in [-0.2, 0) is 16.6 Å². The van der Waals surface area contributed by atoms with E-state index >= 15 is 0 Å². The van der Waals surface area contributed by atoms with Gasteiger partial charge in [-0.3, -0.25) is 4.72 Å². The third-order valence-electron chi connectivity index (χ3n) is 2.58. The Morgan fingerprint density at radius 3 is 2.60 bits per heavy atom. The number of rotatable bonds is 4. The Labute approximate surface area is 119 Å². The summed E-state index contributed by atoms with van der Waals surface area (Å²) in [6.07, 6.45) is 0. The van der Waals surface area contributed by atoms with E-state index in [0.29, 0.717) is 5.01 Å². The number of aromatic nitrogens is 2. The van der Waals surface area contributed by atoms with Gasteiger partial charge in [0.1, 0.15) is 10.8 Å². The van der Waals surface area contributed by atoms with E-state index in [-0.39, 0.29) is 21.2 Å². The SMILES string of the molecule is Cc1nnc(NS(=O)(=O)c2cc(CO)cc(F)c2C)s1. The number of benzene rings is 1. The van der Waals surface area contributed by atoms with E-state index in [2.05, 4.69) is 14.9 Å². The van der Waals surface area contributed by atoms with Gasteiger partial charge in [-0.1, -0.05) is 11.3 Å². The Balaban J connectivity index is 2.46. The van der Waals surface area contributed by atoms with E-state index in [1.54, 1.807) is 6.92 Å². The third-order valence-corrected chi connectivity index (χ3v) is 4.92. The smallest absolute Gasteiger partial charge is 0.264 e. The minimum Gasteiger partial charge on any atom is -0.392 e. The van der Waals surface area contributed by atoms with Crippen molar-refractivity contribution in [3.8, 4) is 0 Å². The summed E-state index contributed by atoms with van der Waals surface area (Å²) < 4.78 is 40.4. The summed E-state index contributed by atoms with van der Waals surface area (Å²) in [4.78, 5) is -0.227. The molecule has 0 atom stereocenters. The lowest BCUT2D eigenvalue weighted by Gasteiger charge is -2.10. The third kappa shape index (κ3) is 2.94. The Kier molecular flexibility index (Phi) is 4.02. The maximum Gasteiger partial charge on any atom is 0.264 e. The Bertz CT molecular complexity index is 743. The summed E-state index contributed by atoms with van der Waals surface area (Å²) >= 11 is 1.07. The van der Waals surface area contributed by atoms with Crippen molar-refractivity contribution in [1.82, 2.24) is 10.2 Å². The first-order valence-corrected chi connectivity index (χ1v) is 7.86. The van der Waals surface area contributed by atoms with E-state index in [1.807, 2.05) is 0 Å². The average molecular weight is 317 g/mol. The van der Waals surface area contributed by atoms with Crippen molar-refractivity contribution in [2.24, 2.45) is 0 Å². The van der Waals surface area contributed by atoms with E-state index in [1.165, 1.54) is 13.0 Å². The van der Waals surface area contributed by atoms with Crippen LogP contribution in [0.2, 0.25) is 0 Å². The Morgan fingerprint density at radius 2 is 2.05 bits per heavy atom. The van der Waals surface area contributed by atoms with Gasteiger partial charge in [-0.05, 0) is 31.5 Å².